The van der Waals surface area contributed by atoms with Crippen molar-refractivity contribution >= 4 is 17.2 Å². The molecule has 0 spiro atoms. The van der Waals surface area contributed by atoms with Crippen molar-refractivity contribution in [3.8, 4) is 0 Å². The zero-order valence-electron chi connectivity index (χ0n) is 13.5. The van der Waals surface area contributed by atoms with Gasteiger partial charge in [0.05, 0.1) is 6.04 Å². The van der Waals surface area contributed by atoms with Crippen molar-refractivity contribution < 1.29 is 4.79 Å². The van der Waals surface area contributed by atoms with Gasteiger partial charge in [-0.25, -0.2) is 4.98 Å². The second-order valence-corrected chi connectivity index (χ2v) is 7.88. The van der Waals surface area contributed by atoms with Gasteiger partial charge in [-0.2, -0.15) is 0 Å². The first-order chi connectivity index (χ1) is 10.6. The molecule has 5 heteroatoms. The Labute approximate surface area is 136 Å². The van der Waals surface area contributed by atoms with Crippen LogP contribution in [0.3, 0.4) is 0 Å². The molecule has 2 aliphatic carbocycles. The molecule has 122 valence electrons. The Bertz CT molecular complexity index is 516. The van der Waals surface area contributed by atoms with Crippen LogP contribution in [0.5, 0.6) is 0 Å². The zero-order chi connectivity index (χ0) is 15.7. The van der Waals surface area contributed by atoms with E-state index in [2.05, 4.69) is 17.2 Å². The lowest BCUT2D eigenvalue weighted by atomic mass is 9.65. The maximum absolute atomic E-state index is 12.7. The molecule has 4 nitrogen and oxygen atoms in total. The molecular formula is C17H27N3OS. The van der Waals surface area contributed by atoms with E-state index in [0.29, 0.717) is 17.9 Å². The van der Waals surface area contributed by atoms with Crippen LogP contribution < -0.4 is 11.1 Å². The maximum atomic E-state index is 12.7. The highest BCUT2D eigenvalue weighted by Crippen LogP contribution is 2.42. The second-order valence-electron chi connectivity index (χ2n) is 6.99. The third-order valence-electron chi connectivity index (χ3n) is 5.44. The topological polar surface area (TPSA) is 68.0 Å². The van der Waals surface area contributed by atoms with Crippen LogP contribution in [0.15, 0.2) is 5.38 Å². The van der Waals surface area contributed by atoms with Gasteiger partial charge in [0.2, 0.25) is 5.91 Å². The van der Waals surface area contributed by atoms with Gasteiger partial charge in [-0.1, -0.05) is 13.3 Å². The van der Waals surface area contributed by atoms with Gasteiger partial charge in [0.1, 0.15) is 5.01 Å². The van der Waals surface area contributed by atoms with Gasteiger partial charge in [0.15, 0.2) is 0 Å². The molecule has 0 aromatic carbocycles. The van der Waals surface area contributed by atoms with E-state index >= 15 is 0 Å². The molecule has 3 N–H and O–H groups in total. The van der Waals surface area contributed by atoms with E-state index in [9.17, 15) is 4.79 Å². The monoisotopic (exact) mass is 321 g/mol. The third kappa shape index (κ3) is 3.20. The van der Waals surface area contributed by atoms with Crippen LogP contribution in [-0.2, 0) is 4.79 Å². The molecule has 0 radical (unpaired) electrons. The number of carbonyl (C=O) groups excluding carboxylic acids is 1. The van der Waals surface area contributed by atoms with E-state index in [1.54, 1.807) is 11.3 Å². The minimum Gasteiger partial charge on any atom is -0.347 e. The summed E-state index contributed by atoms with van der Waals surface area (Å²) in [5.74, 6) is 1.45. The number of fused-ring (bicyclic) bond motifs is 2. The molecule has 2 fully saturated rings. The highest BCUT2D eigenvalue weighted by Gasteiger charge is 2.40. The van der Waals surface area contributed by atoms with Crippen molar-refractivity contribution in [3.63, 3.8) is 0 Å². The smallest absolute Gasteiger partial charge is 0.223 e. The molecule has 2 saturated carbocycles. The van der Waals surface area contributed by atoms with E-state index in [1.807, 2.05) is 12.3 Å². The average Bonchev–Trinajstić information content (AvgIpc) is 2.90. The summed E-state index contributed by atoms with van der Waals surface area (Å²) >= 11 is 1.64. The van der Waals surface area contributed by atoms with Gasteiger partial charge >= 0.3 is 0 Å². The average molecular weight is 321 g/mol. The van der Waals surface area contributed by atoms with E-state index in [-0.39, 0.29) is 17.9 Å². The summed E-state index contributed by atoms with van der Waals surface area (Å²) in [5.41, 5.74) is 7.36. The van der Waals surface area contributed by atoms with Gasteiger partial charge in [0.25, 0.3) is 0 Å². The molecule has 22 heavy (non-hydrogen) atoms. The first-order valence-corrected chi connectivity index (χ1v) is 9.44. The summed E-state index contributed by atoms with van der Waals surface area (Å²) in [4.78, 5) is 17.2. The van der Waals surface area contributed by atoms with Gasteiger partial charge < -0.3 is 11.1 Å². The molecule has 0 aliphatic heterocycles. The molecule has 3 rings (SSSR count). The zero-order valence-corrected chi connectivity index (χ0v) is 14.4. The summed E-state index contributed by atoms with van der Waals surface area (Å²) in [6.45, 7) is 4.10. The lowest BCUT2D eigenvalue weighted by Gasteiger charge is -2.43. The number of hydrogen-bond acceptors (Lipinski definition) is 4. The molecule has 1 aromatic heterocycles. The number of aromatic nitrogens is 1. The Morgan fingerprint density at radius 1 is 1.45 bits per heavy atom. The second kappa shape index (κ2) is 6.67. The minimum absolute atomic E-state index is 0.0571. The van der Waals surface area contributed by atoms with Crippen molar-refractivity contribution in [2.45, 2.75) is 64.5 Å². The number of carbonyl (C=O) groups is 1. The lowest BCUT2D eigenvalue weighted by molar-refractivity contribution is -0.128. The largest absolute Gasteiger partial charge is 0.347 e. The fourth-order valence-electron chi connectivity index (χ4n) is 4.16. The number of hydrogen-bond donors (Lipinski definition) is 2. The van der Waals surface area contributed by atoms with Crippen molar-refractivity contribution in [1.82, 2.24) is 10.3 Å². The Balaban J connectivity index is 1.64. The highest BCUT2D eigenvalue weighted by molar-refractivity contribution is 7.09. The molecule has 1 amide bonds. The number of rotatable bonds is 4. The predicted octanol–water partition coefficient (Wildman–Crippen LogP) is 3.17. The number of nitrogens with zero attached hydrogens (tertiary/aromatic N) is 1. The van der Waals surface area contributed by atoms with Crippen LogP contribution in [0.2, 0.25) is 0 Å². The molecule has 3 atom stereocenters. The van der Waals surface area contributed by atoms with Crippen LogP contribution in [0.25, 0.3) is 0 Å². The van der Waals surface area contributed by atoms with Gasteiger partial charge in [0, 0.05) is 23.0 Å². The Hall–Kier alpha value is -0.940. The van der Waals surface area contributed by atoms with Crippen molar-refractivity contribution in [3.05, 3.63) is 16.1 Å². The fourth-order valence-corrected chi connectivity index (χ4v) is 5.09. The number of nitrogens with one attached hydrogen (secondary N) is 1. The molecular weight excluding hydrogens is 294 g/mol. The van der Waals surface area contributed by atoms with E-state index in [0.717, 1.165) is 30.0 Å². The highest BCUT2D eigenvalue weighted by atomic mass is 32.1. The first kappa shape index (κ1) is 15.9. The van der Waals surface area contributed by atoms with Gasteiger partial charge in [-0.05, 0) is 50.9 Å². The molecule has 2 aliphatic rings. The molecule has 3 unspecified atom stereocenters. The quantitative estimate of drug-likeness (QED) is 0.895. The van der Waals surface area contributed by atoms with Crippen LogP contribution >= 0.6 is 11.3 Å². The van der Waals surface area contributed by atoms with E-state index < -0.39 is 0 Å². The predicted molar refractivity (Wildman–Crippen MR) is 89.6 cm³/mol. The molecule has 1 heterocycles. The van der Waals surface area contributed by atoms with Crippen LogP contribution in [-0.4, -0.2) is 16.9 Å². The third-order valence-corrected chi connectivity index (χ3v) is 6.52. The maximum Gasteiger partial charge on any atom is 0.223 e. The summed E-state index contributed by atoms with van der Waals surface area (Å²) in [5, 5.41) is 6.32. The Kier molecular flexibility index (Phi) is 4.83. The first-order valence-electron chi connectivity index (χ1n) is 8.56. The van der Waals surface area contributed by atoms with E-state index in [1.165, 1.54) is 19.3 Å². The van der Waals surface area contributed by atoms with Crippen LogP contribution in [0.1, 0.15) is 62.2 Å². The van der Waals surface area contributed by atoms with Gasteiger partial charge in [-0.15, -0.1) is 11.3 Å². The van der Waals surface area contributed by atoms with Crippen molar-refractivity contribution in [2.75, 3.05) is 0 Å². The summed E-state index contributed by atoms with van der Waals surface area (Å²) in [6, 6.07) is 0.378. The SMILES string of the molecule is CCC(NC(=O)C1CC2CCCC(C1)C2N)c1nc(C)cs1. The molecule has 0 saturated heterocycles. The lowest BCUT2D eigenvalue weighted by Crippen LogP contribution is -2.49. The minimum atomic E-state index is 0.0571. The van der Waals surface area contributed by atoms with Crippen molar-refractivity contribution in [1.29, 1.82) is 0 Å². The fraction of sp³-hybridized carbons (Fsp3) is 0.765. The normalized spacial score (nSPS) is 32.5. The van der Waals surface area contributed by atoms with Crippen molar-refractivity contribution in [2.24, 2.45) is 23.5 Å². The summed E-state index contributed by atoms with van der Waals surface area (Å²) in [7, 11) is 0. The summed E-state index contributed by atoms with van der Waals surface area (Å²) < 4.78 is 0. The number of thiazole rings is 1. The summed E-state index contributed by atoms with van der Waals surface area (Å²) in [6.07, 6.45) is 6.51. The Morgan fingerprint density at radius 2 is 2.14 bits per heavy atom. The number of nitrogens with two attached hydrogens (primary N) is 1. The van der Waals surface area contributed by atoms with E-state index in [4.69, 9.17) is 5.73 Å². The van der Waals surface area contributed by atoms with Crippen LogP contribution in [0, 0.1) is 24.7 Å². The van der Waals surface area contributed by atoms with Gasteiger partial charge in [-0.3, -0.25) is 4.79 Å². The molecule has 1 aromatic rings. The molecule has 2 bridgehead atoms. The number of aryl methyl sites for hydroxylation is 1. The number of amides is 1. The van der Waals surface area contributed by atoms with Crippen LogP contribution in [0.4, 0.5) is 0 Å². The Morgan fingerprint density at radius 3 is 2.68 bits per heavy atom. The standard InChI is InChI=1S/C17H27N3OS/c1-3-14(17-19-10(2)9-22-17)20-16(21)13-7-11-5-4-6-12(8-13)15(11)18/h9,11-15H,3-8,18H2,1-2H3,(H,20,21).